The molecule has 0 aromatic rings. The second-order valence-electron chi connectivity index (χ2n) is 5.13. The first-order chi connectivity index (χ1) is 6.92. The van der Waals surface area contributed by atoms with Crippen LogP contribution in [-0.4, -0.2) is 14.0 Å². The van der Waals surface area contributed by atoms with E-state index in [0.717, 1.165) is 11.8 Å². The summed E-state index contributed by atoms with van der Waals surface area (Å²) in [4.78, 5) is 0. The van der Waals surface area contributed by atoms with Crippen molar-refractivity contribution in [2.24, 2.45) is 11.8 Å². The Morgan fingerprint density at radius 3 is 1.93 bits per heavy atom. The Bertz CT molecular complexity index is 162. The van der Waals surface area contributed by atoms with Gasteiger partial charge in [0.1, 0.15) is 0 Å². The summed E-state index contributed by atoms with van der Waals surface area (Å²) < 4.78 is 0. The lowest BCUT2D eigenvalue weighted by Crippen LogP contribution is -2.17. The highest BCUT2D eigenvalue weighted by Gasteiger charge is 2.40. The molecule has 2 fully saturated rings. The van der Waals surface area contributed by atoms with Crippen molar-refractivity contribution in [2.75, 3.05) is 0 Å². The fourth-order valence-corrected chi connectivity index (χ4v) is 3.02. The Kier molecular flexibility index (Phi) is 3.92. The average molecular weight is 191 g/mol. The molecule has 0 bridgehead atoms. The van der Waals surface area contributed by atoms with Crippen LogP contribution in [0.1, 0.15) is 57.8 Å². The molecule has 0 amide bonds. The summed E-state index contributed by atoms with van der Waals surface area (Å²) in [5, 5.41) is 2.94. The number of hydrogen-bond donors (Lipinski definition) is 1. The predicted molar refractivity (Wildman–Crippen MR) is 61.2 cm³/mol. The van der Waals surface area contributed by atoms with Crippen LogP contribution >= 0.6 is 0 Å². The van der Waals surface area contributed by atoms with E-state index in [1.807, 2.05) is 0 Å². The van der Waals surface area contributed by atoms with Crippen molar-refractivity contribution in [3.05, 3.63) is 0 Å². The van der Waals surface area contributed by atoms with Gasteiger partial charge in [-0.05, 0) is 24.3 Å². The summed E-state index contributed by atoms with van der Waals surface area (Å²) in [7, 11) is 5.48. The van der Waals surface area contributed by atoms with Gasteiger partial charge in [-0.25, -0.2) is 0 Å². The third kappa shape index (κ3) is 2.76. The van der Waals surface area contributed by atoms with Crippen LogP contribution in [0.5, 0.6) is 0 Å². The molecule has 2 saturated carbocycles. The predicted octanol–water partition coefficient (Wildman–Crippen LogP) is 2.80. The first-order valence-corrected chi connectivity index (χ1v) is 6.38. The molecule has 0 aromatic carbocycles. The van der Waals surface area contributed by atoms with Crippen LogP contribution in [0.2, 0.25) is 0 Å². The zero-order valence-electron chi connectivity index (χ0n) is 9.17. The molecule has 1 N–H and O–H groups in total. The zero-order valence-corrected chi connectivity index (χ0v) is 9.17. The monoisotopic (exact) mass is 191 g/mol. The van der Waals surface area contributed by atoms with Gasteiger partial charge in [-0.2, -0.15) is 0 Å². The van der Waals surface area contributed by atoms with E-state index in [9.17, 15) is 0 Å². The fraction of sp³-hybridized carbons (Fsp3) is 1.00. The molecule has 0 heterocycles. The summed E-state index contributed by atoms with van der Waals surface area (Å²) in [6.45, 7) is 0. The van der Waals surface area contributed by atoms with E-state index < -0.39 is 0 Å². The van der Waals surface area contributed by atoms with Gasteiger partial charge < -0.3 is 5.23 Å². The quantitative estimate of drug-likeness (QED) is 0.661. The Morgan fingerprint density at radius 1 is 0.857 bits per heavy atom. The van der Waals surface area contributed by atoms with Gasteiger partial charge in [-0.3, -0.25) is 0 Å². The summed E-state index contributed by atoms with van der Waals surface area (Å²) in [6.07, 6.45) is 13.0. The fourth-order valence-electron chi connectivity index (χ4n) is 3.02. The smallest absolute Gasteiger partial charge is 0.178 e. The van der Waals surface area contributed by atoms with E-state index in [2.05, 4.69) is 5.23 Å². The molecule has 78 valence electrons. The molecule has 2 aliphatic carbocycles. The molecule has 2 atom stereocenters. The summed E-state index contributed by atoms with van der Waals surface area (Å²) in [5.74, 6) is 1.90. The summed E-state index contributed by atoms with van der Waals surface area (Å²) in [6, 6.07) is 0.653. The second kappa shape index (κ2) is 5.20. The molecule has 2 aliphatic rings. The number of nitrogens with one attached hydrogen (secondary N) is 1. The van der Waals surface area contributed by atoms with Gasteiger partial charge in [0.25, 0.3) is 0 Å². The highest BCUT2D eigenvalue weighted by atomic mass is 14.9. The molecule has 0 saturated heterocycles. The Labute approximate surface area is 89.5 Å². The van der Waals surface area contributed by atoms with Crippen molar-refractivity contribution < 1.29 is 0 Å². The third-order valence-electron chi connectivity index (χ3n) is 4.06. The standard InChI is InChI=1S/C12H22BN/c13-14-12-9-11(12)10-7-5-3-1-2-4-6-8-10/h10-12,14H,1-9H2. The van der Waals surface area contributed by atoms with Gasteiger partial charge >= 0.3 is 0 Å². The van der Waals surface area contributed by atoms with Crippen molar-refractivity contribution in [1.82, 2.24) is 5.23 Å². The molecule has 1 nitrogen and oxygen atoms in total. The van der Waals surface area contributed by atoms with Gasteiger partial charge in [0, 0.05) is 0 Å². The maximum absolute atomic E-state index is 5.48. The second-order valence-corrected chi connectivity index (χ2v) is 5.13. The molecular weight excluding hydrogens is 169 g/mol. The van der Waals surface area contributed by atoms with Gasteiger partial charge in [0.05, 0.1) is 0 Å². The molecule has 0 aliphatic heterocycles. The minimum atomic E-state index is 0.653. The first kappa shape index (κ1) is 10.5. The SMILES string of the molecule is [B]NC1CC1C1CCCCCCCC1. The van der Waals surface area contributed by atoms with E-state index in [1.165, 1.54) is 57.8 Å². The first-order valence-electron chi connectivity index (χ1n) is 6.38. The van der Waals surface area contributed by atoms with Crippen LogP contribution in [0.25, 0.3) is 0 Å². The summed E-state index contributed by atoms with van der Waals surface area (Å²) >= 11 is 0. The van der Waals surface area contributed by atoms with E-state index in [0.29, 0.717) is 6.04 Å². The molecule has 2 rings (SSSR count). The van der Waals surface area contributed by atoms with Crippen molar-refractivity contribution in [2.45, 2.75) is 63.8 Å². The van der Waals surface area contributed by atoms with E-state index in [-0.39, 0.29) is 0 Å². The molecule has 2 radical (unpaired) electrons. The Hall–Kier alpha value is 0.0249. The highest BCUT2D eigenvalue weighted by molar-refractivity contribution is 6.04. The molecule has 0 aromatic heterocycles. The zero-order chi connectivity index (χ0) is 9.80. The van der Waals surface area contributed by atoms with Gasteiger partial charge in [0.2, 0.25) is 0 Å². The van der Waals surface area contributed by atoms with Gasteiger partial charge in [0.15, 0.2) is 7.98 Å². The lowest BCUT2D eigenvalue weighted by atomic mass is 9.92. The van der Waals surface area contributed by atoms with Gasteiger partial charge in [-0.15, -0.1) is 0 Å². The van der Waals surface area contributed by atoms with E-state index in [4.69, 9.17) is 7.98 Å². The van der Waals surface area contributed by atoms with Crippen molar-refractivity contribution in [3.8, 4) is 0 Å². The molecule has 2 unspecified atom stereocenters. The number of rotatable bonds is 2. The lowest BCUT2D eigenvalue weighted by Gasteiger charge is -2.15. The van der Waals surface area contributed by atoms with Crippen molar-refractivity contribution in [3.63, 3.8) is 0 Å². The van der Waals surface area contributed by atoms with Crippen LogP contribution in [0.15, 0.2) is 0 Å². The topological polar surface area (TPSA) is 12.0 Å². The van der Waals surface area contributed by atoms with Crippen molar-refractivity contribution in [1.29, 1.82) is 0 Å². The van der Waals surface area contributed by atoms with Crippen LogP contribution in [0, 0.1) is 11.8 Å². The molecule has 0 spiro atoms. The average Bonchev–Trinajstić information content (AvgIpc) is 2.95. The van der Waals surface area contributed by atoms with E-state index in [1.54, 1.807) is 0 Å². The maximum Gasteiger partial charge on any atom is 0.178 e. The molecule has 14 heavy (non-hydrogen) atoms. The minimum absolute atomic E-state index is 0.653. The van der Waals surface area contributed by atoms with Crippen LogP contribution in [0.4, 0.5) is 0 Å². The lowest BCUT2D eigenvalue weighted by molar-refractivity contribution is 0.372. The van der Waals surface area contributed by atoms with Crippen LogP contribution < -0.4 is 5.23 Å². The normalized spacial score (nSPS) is 35.7. The maximum atomic E-state index is 5.48. The molecule has 2 heteroatoms. The Morgan fingerprint density at radius 2 is 1.43 bits per heavy atom. The third-order valence-corrected chi connectivity index (χ3v) is 4.06. The largest absolute Gasteiger partial charge is 0.363 e. The van der Waals surface area contributed by atoms with Gasteiger partial charge in [-0.1, -0.05) is 51.4 Å². The summed E-state index contributed by atoms with van der Waals surface area (Å²) in [5.41, 5.74) is 0. The number of hydrogen-bond acceptors (Lipinski definition) is 1. The van der Waals surface area contributed by atoms with Crippen molar-refractivity contribution >= 4 is 7.98 Å². The Balaban J connectivity index is 1.77. The minimum Gasteiger partial charge on any atom is -0.363 e. The van der Waals surface area contributed by atoms with Crippen LogP contribution in [-0.2, 0) is 0 Å². The van der Waals surface area contributed by atoms with Crippen LogP contribution in [0.3, 0.4) is 0 Å². The highest BCUT2D eigenvalue weighted by Crippen LogP contribution is 2.42. The van der Waals surface area contributed by atoms with E-state index >= 15 is 0 Å². The molecular formula is C12H22BN.